The predicted molar refractivity (Wildman–Crippen MR) is 92.5 cm³/mol. The van der Waals surface area contributed by atoms with Crippen molar-refractivity contribution >= 4 is 39.1 Å². The van der Waals surface area contributed by atoms with Crippen molar-refractivity contribution in [2.45, 2.75) is 23.6 Å². The number of hydrogen-bond acceptors (Lipinski definition) is 4. The summed E-state index contributed by atoms with van der Waals surface area (Å²) >= 11 is 1.40. The molecule has 1 aliphatic rings. The Morgan fingerprint density at radius 1 is 1.17 bits per heavy atom. The molecule has 2 aromatic rings. The summed E-state index contributed by atoms with van der Waals surface area (Å²) in [4.78, 5) is 12.5. The zero-order valence-electron chi connectivity index (χ0n) is 12.7. The smallest absolute Gasteiger partial charge is 0.261 e. The number of nitrogens with one attached hydrogen (secondary N) is 2. The van der Waals surface area contributed by atoms with Gasteiger partial charge in [0.2, 0.25) is 5.91 Å². The van der Waals surface area contributed by atoms with Gasteiger partial charge in [0.15, 0.2) is 0 Å². The van der Waals surface area contributed by atoms with Crippen LogP contribution in [0.25, 0.3) is 0 Å². The maximum Gasteiger partial charge on any atom is 0.261 e. The first-order valence-electron chi connectivity index (χ1n) is 7.02. The van der Waals surface area contributed by atoms with Crippen molar-refractivity contribution in [2.75, 3.05) is 15.8 Å². The number of carbonyl (C=O) groups is 1. The van der Waals surface area contributed by atoms with Crippen molar-refractivity contribution in [3.8, 4) is 0 Å². The molecule has 0 fully saturated rings. The number of anilines is 2. The molecule has 0 saturated carbocycles. The van der Waals surface area contributed by atoms with Gasteiger partial charge >= 0.3 is 0 Å². The van der Waals surface area contributed by atoms with Gasteiger partial charge in [-0.15, -0.1) is 11.8 Å². The lowest BCUT2D eigenvalue weighted by Gasteiger charge is -2.18. The van der Waals surface area contributed by atoms with E-state index >= 15 is 0 Å². The van der Waals surface area contributed by atoms with Crippen molar-refractivity contribution in [2.24, 2.45) is 0 Å². The summed E-state index contributed by atoms with van der Waals surface area (Å²) in [7, 11) is -3.71. The first-order chi connectivity index (χ1) is 10.9. The molecule has 0 unspecified atom stereocenters. The van der Waals surface area contributed by atoms with Crippen LogP contribution in [0.1, 0.15) is 11.1 Å². The fourth-order valence-electron chi connectivity index (χ4n) is 2.29. The van der Waals surface area contributed by atoms with Crippen LogP contribution < -0.4 is 10.0 Å². The lowest BCUT2D eigenvalue weighted by Crippen LogP contribution is -2.20. The number of fused-ring (bicyclic) bond motifs is 1. The SMILES string of the molecule is Cc1cccc(NS(=O)(=O)c2ccc3c(c2)NC(=O)CS3)c1C. The average molecular weight is 348 g/mol. The fourth-order valence-corrected chi connectivity index (χ4v) is 4.23. The second kappa shape index (κ2) is 5.90. The Morgan fingerprint density at radius 3 is 2.74 bits per heavy atom. The third-order valence-electron chi connectivity index (χ3n) is 3.74. The second-order valence-electron chi connectivity index (χ2n) is 5.35. The Balaban J connectivity index is 1.95. The van der Waals surface area contributed by atoms with Crippen molar-refractivity contribution in [3.05, 3.63) is 47.5 Å². The third kappa shape index (κ3) is 3.20. The van der Waals surface area contributed by atoms with Gasteiger partial charge in [0.1, 0.15) is 0 Å². The van der Waals surface area contributed by atoms with E-state index in [0.717, 1.165) is 16.0 Å². The Labute approximate surface area is 139 Å². The molecule has 23 heavy (non-hydrogen) atoms. The highest BCUT2D eigenvalue weighted by molar-refractivity contribution is 8.00. The van der Waals surface area contributed by atoms with Gasteiger partial charge in [0.25, 0.3) is 10.0 Å². The highest BCUT2D eigenvalue weighted by Crippen LogP contribution is 2.33. The number of thioether (sulfide) groups is 1. The maximum absolute atomic E-state index is 12.6. The Kier molecular flexibility index (Phi) is 4.08. The molecule has 120 valence electrons. The monoisotopic (exact) mass is 348 g/mol. The number of sulfonamides is 1. The van der Waals surface area contributed by atoms with E-state index in [1.54, 1.807) is 18.2 Å². The lowest BCUT2D eigenvalue weighted by atomic mass is 10.1. The average Bonchev–Trinajstić information content (AvgIpc) is 2.51. The molecule has 2 aromatic carbocycles. The zero-order valence-corrected chi connectivity index (χ0v) is 14.3. The molecule has 0 saturated heterocycles. The standard InChI is InChI=1S/C16H16N2O3S2/c1-10-4-3-5-13(11(10)2)18-23(20,21)12-6-7-15-14(8-12)17-16(19)9-22-15/h3-8,18H,9H2,1-2H3,(H,17,19). The minimum Gasteiger partial charge on any atom is -0.324 e. The summed E-state index contributed by atoms with van der Waals surface area (Å²) in [6.45, 7) is 3.80. The van der Waals surface area contributed by atoms with Crippen molar-refractivity contribution in [1.82, 2.24) is 0 Å². The van der Waals surface area contributed by atoms with Gasteiger partial charge < -0.3 is 5.32 Å². The first kappa shape index (κ1) is 15.9. The van der Waals surface area contributed by atoms with E-state index in [4.69, 9.17) is 0 Å². The number of benzene rings is 2. The molecule has 1 heterocycles. The van der Waals surface area contributed by atoms with E-state index in [-0.39, 0.29) is 10.8 Å². The zero-order chi connectivity index (χ0) is 16.6. The molecule has 5 nitrogen and oxygen atoms in total. The minimum atomic E-state index is -3.71. The van der Waals surface area contributed by atoms with E-state index in [0.29, 0.717) is 17.1 Å². The number of rotatable bonds is 3. The molecule has 0 aliphatic carbocycles. The molecular formula is C16H16N2O3S2. The highest BCUT2D eigenvalue weighted by Gasteiger charge is 2.21. The quantitative estimate of drug-likeness (QED) is 0.893. The highest BCUT2D eigenvalue weighted by atomic mass is 32.2. The van der Waals surface area contributed by atoms with Gasteiger partial charge in [0, 0.05) is 4.90 Å². The van der Waals surface area contributed by atoms with Crippen molar-refractivity contribution < 1.29 is 13.2 Å². The Hall–Kier alpha value is -1.99. The Morgan fingerprint density at radius 2 is 1.96 bits per heavy atom. The van der Waals surface area contributed by atoms with Crippen molar-refractivity contribution in [1.29, 1.82) is 0 Å². The van der Waals surface area contributed by atoms with Crippen LogP contribution in [-0.2, 0) is 14.8 Å². The summed E-state index contributed by atoms with van der Waals surface area (Å²) in [6, 6.07) is 10.2. The van der Waals surface area contributed by atoms with Crippen LogP contribution in [-0.4, -0.2) is 20.1 Å². The fraction of sp³-hybridized carbons (Fsp3) is 0.188. The van der Waals surface area contributed by atoms with Crippen LogP contribution in [0.3, 0.4) is 0 Å². The van der Waals surface area contributed by atoms with E-state index in [1.165, 1.54) is 17.8 Å². The van der Waals surface area contributed by atoms with Crippen LogP contribution in [0.5, 0.6) is 0 Å². The van der Waals surface area contributed by atoms with Gasteiger partial charge in [-0.1, -0.05) is 12.1 Å². The van der Waals surface area contributed by atoms with Gasteiger partial charge in [-0.25, -0.2) is 8.42 Å². The molecule has 0 atom stereocenters. The van der Waals surface area contributed by atoms with E-state index in [1.807, 2.05) is 26.0 Å². The molecule has 1 amide bonds. The molecule has 0 spiro atoms. The molecule has 3 rings (SSSR count). The molecule has 2 N–H and O–H groups in total. The summed E-state index contributed by atoms with van der Waals surface area (Å²) in [5, 5.41) is 2.70. The van der Waals surface area contributed by atoms with Crippen LogP contribution in [0.4, 0.5) is 11.4 Å². The summed E-state index contributed by atoms with van der Waals surface area (Å²) in [6.07, 6.45) is 0. The van der Waals surface area contributed by atoms with Gasteiger partial charge in [-0.05, 0) is 49.2 Å². The lowest BCUT2D eigenvalue weighted by molar-refractivity contribution is -0.113. The normalized spacial score (nSPS) is 14.1. The largest absolute Gasteiger partial charge is 0.324 e. The summed E-state index contributed by atoms with van der Waals surface area (Å²) in [5.41, 5.74) is 2.99. The van der Waals surface area contributed by atoms with E-state index < -0.39 is 10.0 Å². The molecule has 0 bridgehead atoms. The summed E-state index contributed by atoms with van der Waals surface area (Å²) in [5.74, 6) is 0.222. The number of hydrogen-bond donors (Lipinski definition) is 2. The topological polar surface area (TPSA) is 75.3 Å². The summed E-state index contributed by atoms with van der Waals surface area (Å²) < 4.78 is 27.8. The van der Waals surface area contributed by atoms with Gasteiger partial charge in [0.05, 0.1) is 22.0 Å². The minimum absolute atomic E-state index is 0.125. The van der Waals surface area contributed by atoms with Crippen LogP contribution in [0, 0.1) is 13.8 Å². The number of carbonyl (C=O) groups excluding carboxylic acids is 1. The molecule has 0 aromatic heterocycles. The maximum atomic E-state index is 12.6. The van der Waals surface area contributed by atoms with Gasteiger partial charge in [-0.2, -0.15) is 0 Å². The third-order valence-corrected chi connectivity index (χ3v) is 6.18. The van der Waals surface area contributed by atoms with Crippen molar-refractivity contribution in [3.63, 3.8) is 0 Å². The van der Waals surface area contributed by atoms with Crippen LogP contribution >= 0.6 is 11.8 Å². The molecule has 1 aliphatic heterocycles. The van der Waals surface area contributed by atoms with Crippen LogP contribution in [0.2, 0.25) is 0 Å². The molecule has 0 radical (unpaired) electrons. The van der Waals surface area contributed by atoms with Crippen LogP contribution in [0.15, 0.2) is 46.2 Å². The molecule has 7 heteroatoms. The Bertz CT molecular complexity index is 892. The van der Waals surface area contributed by atoms with E-state index in [2.05, 4.69) is 10.0 Å². The number of amides is 1. The first-order valence-corrected chi connectivity index (χ1v) is 9.49. The predicted octanol–water partition coefficient (Wildman–Crippen LogP) is 3.15. The van der Waals surface area contributed by atoms with Gasteiger partial charge in [-0.3, -0.25) is 9.52 Å². The second-order valence-corrected chi connectivity index (χ2v) is 8.05. The number of aryl methyl sites for hydroxylation is 1. The van der Waals surface area contributed by atoms with E-state index in [9.17, 15) is 13.2 Å². The molecular weight excluding hydrogens is 332 g/mol.